The van der Waals surface area contributed by atoms with E-state index in [9.17, 15) is 0 Å². The molecule has 110 valence electrons. The van der Waals surface area contributed by atoms with Crippen LogP contribution in [0.5, 0.6) is 0 Å². The lowest BCUT2D eigenvalue weighted by atomic mass is 10.1. The van der Waals surface area contributed by atoms with E-state index in [0.717, 1.165) is 5.56 Å². The largest absolute Gasteiger partial charge is 0.362 e. The van der Waals surface area contributed by atoms with Crippen LogP contribution in [-0.2, 0) is 6.42 Å². The van der Waals surface area contributed by atoms with Crippen molar-refractivity contribution < 1.29 is 0 Å². The minimum atomic E-state index is 0.481. The molecular formula is C14H12Cl3N3S. The molecule has 0 aliphatic rings. The maximum Gasteiger partial charge on any atom is 0.171 e. The summed E-state index contributed by atoms with van der Waals surface area (Å²) in [7, 11) is 0. The summed E-state index contributed by atoms with van der Waals surface area (Å²) in [5, 5.41) is 8.11. The molecule has 0 saturated carbocycles. The fourth-order valence-corrected chi connectivity index (χ4v) is 2.64. The molecule has 1 aromatic heterocycles. The lowest BCUT2D eigenvalue weighted by molar-refractivity contribution is 0.873. The summed E-state index contributed by atoms with van der Waals surface area (Å²) in [6.45, 7) is 0.582. The Morgan fingerprint density at radius 2 is 1.86 bits per heavy atom. The minimum Gasteiger partial charge on any atom is -0.362 e. The first-order valence-electron chi connectivity index (χ1n) is 6.16. The van der Waals surface area contributed by atoms with Gasteiger partial charge in [-0.1, -0.05) is 40.9 Å². The van der Waals surface area contributed by atoms with E-state index in [4.69, 9.17) is 47.0 Å². The zero-order valence-electron chi connectivity index (χ0n) is 10.9. The number of rotatable bonds is 4. The lowest BCUT2D eigenvalue weighted by Crippen LogP contribution is -2.30. The molecule has 0 bridgehead atoms. The molecule has 0 amide bonds. The van der Waals surface area contributed by atoms with Crippen LogP contribution in [0.25, 0.3) is 0 Å². The number of benzene rings is 1. The average molecular weight is 361 g/mol. The van der Waals surface area contributed by atoms with Crippen molar-refractivity contribution in [3.05, 3.63) is 57.2 Å². The molecule has 0 unspecified atom stereocenters. The van der Waals surface area contributed by atoms with Gasteiger partial charge in [0.25, 0.3) is 0 Å². The van der Waals surface area contributed by atoms with Gasteiger partial charge in [0.2, 0.25) is 0 Å². The van der Waals surface area contributed by atoms with E-state index in [1.54, 1.807) is 18.3 Å². The Hall–Kier alpha value is -1.07. The standard InChI is InChI=1S/C14H12Cl3N3S/c15-10-4-5-11(16)13(17)9(10)6-8-19-14(21)20-12-3-1-2-7-18-12/h1-5,7H,6,8H2,(H2,18,19,20,21). The number of hydrogen-bond donors (Lipinski definition) is 2. The first kappa shape index (κ1) is 16.3. The van der Waals surface area contributed by atoms with Crippen molar-refractivity contribution in [3.63, 3.8) is 0 Å². The van der Waals surface area contributed by atoms with Gasteiger partial charge in [0, 0.05) is 17.8 Å². The normalized spacial score (nSPS) is 10.2. The molecular weight excluding hydrogens is 349 g/mol. The van der Waals surface area contributed by atoms with E-state index in [0.29, 0.717) is 39.0 Å². The van der Waals surface area contributed by atoms with E-state index < -0.39 is 0 Å². The lowest BCUT2D eigenvalue weighted by Gasteiger charge is -2.12. The number of halogens is 3. The molecule has 2 N–H and O–H groups in total. The summed E-state index contributed by atoms with van der Waals surface area (Å²) in [5.41, 5.74) is 0.805. The Kier molecular flexibility index (Phi) is 6.06. The van der Waals surface area contributed by atoms with Crippen molar-refractivity contribution in [1.82, 2.24) is 10.3 Å². The first-order chi connectivity index (χ1) is 10.1. The Morgan fingerprint density at radius 1 is 1.10 bits per heavy atom. The molecule has 0 atom stereocenters. The third kappa shape index (κ3) is 4.71. The maximum absolute atomic E-state index is 6.14. The predicted octanol–water partition coefficient (Wildman–Crippen LogP) is 4.57. The van der Waals surface area contributed by atoms with E-state index in [2.05, 4.69) is 15.6 Å². The van der Waals surface area contributed by atoms with Gasteiger partial charge < -0.3 is 10.6 Å². The first-order valence-corrected chi connectivity index (χ1v) is 7.70. The van der Waals surface area contributed by atoms with Crippen molar-refractivity contribution in [2.24, 2.45) is 0 Å². The van der Waals surface area contributed by atoms with Crippen LogP contribution in [-0.4, -0.2) is 16.6 Å². The van der Waals surface area contributed by atoms with Crippen LogP contribution in [0.1, 0.15) is 5.56 Å². The van der Waals surface area contributed by atoms with E-state index in [-0.39, 0.29) is 0 Å². The SMILES string of the molecule is S=C(NCCc1c(Cl)ccc(Cl)c1Cl)Nc1ccccn1. The van der Waals surface area contributed by atoms with E-state index >= 15 is 0 Å². The van der Waals surface area contributed by atoms with Crippen LogP contribution in [0.2, 0.25) is 15.1 Å². The second-order valence-corrected chi connectivity index (χ2v) is 5.77. The minimum absolute atomic E-state index is 0.481. The summed E-state index contributed by atoms with van der Waals surface area (Å²) < 4.78 is 0. The van der Waals surface area contributed by atoms with Crippen LogP contribution in [0.15, 0.2) is 36.5 Å². The Morgan fingerprint density at radius 3 is 2.57 bits per heavy atom. The molecule has 0 fully saturated rings. The zero-order chi connectivity index (χ0) is 15.2. The van der Waals surface area contributed by atoms with Crippen LogP contribution in [0.3, 0.4) is 0 Å². The molecule has 0 aliphatic heterocycles. The van der Waals surface area contributed by atoms with Gasteiger partial charge in [0.15, 0.2) is 5.11 Å². The van der Waals surface area contributed by atoms with Crippen LogP contribution < -0.4 is 10.6 Å². The average Bonchev–Trinajstić information content (AvgIpc) is 2.48. The molecule has 0 spiro atoms. The highest BCUT2D eigenvalue weighted by atomic mass is 35.5. The van der Waals surface area contributed by atoms with Crippen molar-refractivity contribution in [3.8, 4) is 0 Å². The third-order valence-corrected chi connectivity index (χ3v) is 4.15. The smallest absolute Gasteiger partial charge is 0.171 e. The summed E-state index contributed by atoms with van der Waals surface area (Å²) in [4.78, 5) is 4.13. The Bertz CT molecular complexity index is 635. The highest BCUT2D eigenvalue weighted by Crippen LogP contribution is 2.31. The van der Waals surface area contributed by atoms with Crippen LogP contribution in [0, 0.1) is 0 Å². The number of aromatic nitrogens is 1. The summed E-state index contributed by atoms with van der Waals surface area (Å²) >= 11 is 23.4. The molecule has 3 nitrogen and oxygen atoms in total. The zero-order valence-corrected chi connectivity index (χ0v) is 14.0. The number of nitrogens with zero attached hydrogens (tertiary/aromatic N) is 1. The van der Waals surface area contributed by atoms with Crippen molar-refractivity contribution in [1.29, 1.82) is 0 Å². The molecule has 0 aliphatic carbocycles. The summed E-state index contributed by atoms with van der Waals surface area (Å²) in [6, 6.07) is 8.96. The van der Waals surface area contributed by atoms with Gasteiger partial charge in [-0.2, -0.15) is 0 Å². The predicted molar refractivity (Wildman–Crippen MR) is 93.6 cm³/mol. The van der Waals surface area contributed by atoms with Crippen LogP contribution >= 0.6 is 47.0 Å². The van der Waals surface area contributed by atoms with Gasteiger partial charge in [-0.25, -0.2) is 4.98 Å². The molecule has 1 aromatic carbocycles. The molecule has 2 rings (SSSR count). The second-order valence-electron chi connectivity index (χ2n) is 4.17. The van der Waals surface area contributed by atoms with Gasteiger partial charge in [0.1, 0.15) is 5.82 Å². The molecule has 7 heteroatoms. The van der Waals surface area contributed by atoms with Gasteiger partial charge in [-0.15, -0.1) is 0 Å². The summed E-state index contributed by atoms with van der Waals surface area (Å²) in [5.74, 6) is 0.689. The van der Waals surface area contributed by atoms with Crippen LogP contribution in [0.4, 0.5) is 5.82 Å². The van der Waals surface area contributed by atoms with Crippen molar-refractivity contribution in [2.45, 2.75) is 6.42 Å². The number of thiocarbonyl (C=S) groups is 1. The van der Waals surface area contributed by atoms with Gasteiger partial charge in [-0.05, 0) is 48.5 Å². The van der Waals surface area contributed by atoms with E-state index in [1.807, 2.05) is 18.2 Å². The quantitative estimate of drug-likeness (QED) is 0.618. The molecule has 0 saturated heterocycles. The van der Waals surface area contributed by atoms with Gasteiger partial charge in [0.05, 0.1) is 10.0 Å². The topological polar surface area (TPSA) is 37.0 Å². The van der Waals surface area contributed by atoms with E-state index in [1.165, 1.54) is 0 Å². The second kappa shape index (κ2) is 7.80. The monoisotopic (exact) mass is 359 g/mol. The number of pyridine rings is 1. The van der Waals surface area contributed by atoms with Crippen molar-refractivity contribution in [2.75, 3.05) is 11.9 Å². The van der Waals surface area contributed by atoms with Gasteiger partial charge in [-0.3, -0.25) is 0 Å². The fourth-order valence-electron chi connectivity index (χ4n) is 1.70. The Labute approximate surface area is 143 Å². The fraction of sp³-hybridized carbons (Fsp3) is 0.143. The molecule has 1 heterocycles. The Balaban J connectivity index is 1.87. The molecule has 0 radical (unpaired) electrons. The van der Waals surface area contributed by atoms with Crippen molar-refractivity contribution >= 4 is 58.0 Å². The summed E-state index contributed by atoms with van der Waals surface area (Å²) in [6.07, 6.45) is 2.30. The molecule has 21 heavy (non-hydrogen) atoms. The highest BCUT2D eigenvalue weighted by Gasteiger charge is 2.09. The number of hydrogen-bond acceptors (Lipinski definition) is 2. The maximum atomic E-state index is 6.14. The third-order valence-electron chi connectivity index (χ3n) is 2.71. The number of nitrogens with one attached hydrogen (secondary N) is 2. The molecule has 2 aromatic rings. The van der Waals surface area contributed by atoms with Gasteiger partial charge >= 0.3 is 0 Å². The number of anilines is 1. The highest BCUT2D eigenvalue weighted by molar-refractivity contribution is 7.80.